The van der Waals surface area contributed by atoms with Crippen molar-refractivity contribution >= 4 is 5.78 Å². The van der Waals surface area contributed by atoms with Crippen LogP contribution in [0.3, 0.4) is 0 Å². The van der Waals surface area contributed by atoms with E-state index in [-0.39, 0.29) is 23.1 Å². The third kappa shape index (κ3) is 3.62. The molecule has 4 aliphatic carbocycles. The Kier molecular flexibility index (Phi) is 6.46. The van der Waals surface area contributed by atoms with Crippen LogP contribution in [0.25, 0.3) is 0 Å². The molecule has 3 heteroatoms. The second-order valence-corrected chi connectivity index (χ2v) is 12.4. The van der Waals surface area contributed by atoms with Crippen molar-refractivity contribution in [3.8, 4) is 0 Å². The molecule has 0 saturated heterocycles. The fourth-order valence-electron chi connectivity index (χ4n) is 8.79. The van der Waals surface area contributed by atoms with Gasteiger partial charge in [-0.1, -0.05) is 46.8 Å². The molecule has 0 unspecified atom stereocenters. The lowest BCUT2D eigenvalue weighted by Crippen LogP contribution is -2.53. The van der Waals surface area contributed by atoms with E-state index in [0.29, 0.717) is 42.1 Å². The van der Waals surface area contributed by atoms with Crippen LogP contribution in [0.4, 0.5) is 0 Å². The molecular weight excluding hydrogens is 396 g/mol. The van der Waals surface area contributed by atoms with Crippen molar-refractivity contribution in [1.29, 1.82) is 0 Å². The van der Waals surface area contributed by atoms with Gasteiger partial charge >= 0.3 is 0 Å². The quantitative estimate of drug-likeness (QED) is 0.422. The summed E-state index contributed by atoms with van der Waals surface area (Å²) in [7, 11) is 0. The van der Waals surface area contributed by atoms with Crippen LogP contribution in [0, 0.1) is 46.3 Å². The number of rotatable bonds is 7. The minimum atomic E-state index is -0.218. The van der Waals surface area contributed by atoms with Gasteiger partial charge in [0, 0.05) is 24.0 Å². The molecule has 0 aliphatic heterocycles. The third-order valence-electron chi connectivity index (χ3n) is 10.6. The predicted octanol–water partition coefficient (Wildman–Crippen LogP) is 7.27. The number of aliphatic hydroxyl groups excluding tert-OH is 1. The first kappa shape index (κ1) is 24.0. The van der Waals surface area contributed by atoms with Gasteiger partial charge in [0.25, 0.3) is 0 Å². The van der Waals surface area contributed by atoms with Gasteiger partial charge in [0.15, 0.2) is 11.5 Å². The number of fused-ring (bicyclic) bond motifs is 5. The number of aliphatic hydroxyl groups is 1. The molecule has 0 amide bonds. The number of carbonyl (C=O) groups is 1. The largest absolute Gasteiger partial charge is 0.504 e. The summed E-state index contributed by atoms with van der Waals surface area (Å²) in [6.07, 6.45) is 8.86. The molecule has 4 rings (SSSR count). The molecule has 3 nitrogen and oxygen atoms in total. The SMILES string of the molecule is C=C(CC[C@@H](C)[C@H]1CC[C@H]2[C@@H]3C[C@@H](OCC)C4=C(O)C(=O)C[C@]4(C)[C@H]3CC[C@]12C)C(C)C. The Morgan fingerprint density at radius 3 is 2.56 bits per heavy atom. The fourth-order valence-corrected chi connectivity index (χ4v) is 8.79. The van der Waals surface area contributed by atoms with Crippen LogP contribution in [0.15, 0.2) is 23.5 Å². The van der Waals surface area contributed by atoms with Gasteiger partial charge in [-0.3, -0.25) is 4.79 Å². The van der Waals surface area contributed by atoms with Crippen molar-refractivity contribution in [3.63, 3.8) is 0 Å². The maximum Gasteiger partial charge on any atom is 0.198 e. The summed E-state index contributed by atoms with van der Waals surface area (Å²) in [5.74, 6) is 3.85. The van der Waals surface area contributed by atoms with Gasteiger partial charge in [0.1, 0.15) is 0 Å². The first-order valence-electron chi connectivity index (χ1n) is 13.3. The molecule has 0 bridgehead atoms. The van der Waals surface area contributed by atoms with Gasteiger partial charge in [0.05, 0.1) is 6.10 Å². The summed E-state index contributed by atoms with van der Waals surface area (Å²) in [5.41, 5.74) is 2.50. The van der Waals surface area contributed by atoms with E-state index >= 15 is 0 Å². The molecule has 32 heavy (non-hydrogen) atoms. The van der Waals surface area contributed by atoms with Crippen molar-refractivity contribution in [2.24, 2.45) is 46.3 Å². The first-order chi connectivity index (χ1) is 15.0. The Labute approximate surface area is 196 Å². The van der Waals surface area contributed by atoms with E-state index in [9.17, 15) is 9.90 Å². The monoisotopic (exact) mass is 442 g/mol. The molecule has 0 aromatic carbocycles. The molecule has 8 atom stereocenters. The summed E-state index contributed by atoms with van der Waals surface area (Å²) < 4.78 is 6.19. The van der Waals surface area contributed by atoms with Crippen molar-refractivity contribution in [1.82, 2.24) is 0 Å². The van der Waals surface area contributed by atoms with Crippen LogP contribution < -0.4 is 0 Å². The molecule has 3 saturated carbocycles. The number of carbonyl (C=O) groups excluding carboxylic acids is 1. The number of allylic oxidation sites excluding steroid dienone is 2. The van der Waals surface area contributed by atoms with Crippen LogP contribution in [0.5, 0.6) is 0 Å². The summed E-state index contributed by atoms with van der Waals surface area (Å²) in [6, 6.07) is 0. The molecule has 3 fully saturated rings. The Morgan fingerprint density at radius 1 is 1.19 bits per heavy atom. The average Bonchev–Trinajstić information content (AvgIpc) is 3.20. The molecule has 180 valence electrons. The minimum absolute atomic E-state index is 0.0287. The molecule has 0 aromatic heterocycles. The second kappa shape index (κ2) is 8.60. The minimum Gasteiger partial charge on any atom is -0.504 e. The van der Waals surface area contributed by atoms with E-state index in [4.69, 9.17) is 4.74 Å². The van der Waals surface area contributed by atoms with E-state index in [1.165, 1.54) is 37.7 Å². The topological polar surface area (TPSA) is 46.5 Å². The molecule has 0 heterocycles. The normalized spacial score (nSPS) is 42.1. The Bertz CT molecular complexity index is 794. The number of ketones is 1. The summed E-state index contributed by atoms with van der Waals surface area (Å²) in [4.78, 5) is 12.6. The number of ether oxygens (including phenoxy) is 1. The fraction of sp³-hybridized carbons (Fsp3) is 0.828. The smallest absolute Gasteiger partial charge is 0.198 e. The number of hydrogen-bond donors (Lipinski definition) is 1. The van der Waals surface area contributed by atoms with Gasteiger partial charge in [-0.05, 0) is 92.8 Å². The van der Waals surface area contributed by atoms with E-state index in [0.717, 1.165) is 30.3 Å². The van der Waals surface area contributed by atoms with Crippen LogP contribution in [0.1, 0.15) is 92.9 Å². The first-order valence-corrected chi connectivity index (χ1v) is 13.3. The lowest BCUT2D eigenvalue weighted by atomic mass is 9.47. The summed E-state index contributed by atoms with van der Waals surface area (Å²) in [6.45, 7) is 18.8. The summed E-state index contributed by atoms with van der Waals surface area (Å²) in [5, 5.41) is 10.7. The molecule has 0 radical (unpaired) electrons. The zero-order valence-electron chi connectivity index (χ0n) is 21.4. The highest BCUT2D eigenvalue weighted by Crippen LogP contribution is 2.68. The van der Waals surface area contributed by atoms with E-state index in [1.54, 1.807) is 0 Å². The van der Waals surface area contributed by atoms with Crippen LogP contribution in [0.2, 0.25) is 0 Å². The van der Waals surface area contributed by atoms with Gasteiger partial charge in [-0.15, -0.1) is 0 Å². The van der Waals surface area contributed by atoms with Crippen molar-refractivity contribution in [2.75, 3.05) is 6.61 Å². The lowest BCUT2D eigenvalue weighted by Gasteiger charge is -2.58. The highest BCUT2D eigenvalue weighted by molar-refractivity contribution is 5.98. The van der Waals surface area contributed by atoms with Crippen LogP contribution >= 0.6 is 0 Å². The Hall–Kier alpha value is -1.09. The lowest BCUT2D eigenvalue weighted by molar-refractivity contribution is -0.121. The molecule has 0 aromatic rings. The maximum atomic E-state index is 12.6. The molecule has 1 N–H and O–H groups in total. The van der Waals surface area contributed by atoms with Crippen molar-refractivity contribution < 1.29 is 14.6 Å². The van der Waals surface area contributed by atoms with Crippen LogP contribution in [-0.4, -0.2) is 23.6 Å². The molecule has 4 aliphatic rings. The van der Waals surface area contributed by atoms with Gasteiger partial charge in [-0.25, -0.2) is 0 Å². The molecular formula is C29H46O3. The standard InChI is InChI=1S/C29H46O3/c1-8-32-25-15-20-22-12-11-21(19(5)10-9-18(4)17(2)3)28(22,6)14-13-23(20)29(7)16-24(30)27(31)26(25)29/h17,19-23,25,31H,4,8-16H2,1-3,5-7H3/t19-,20+,21-,22+,23+,25-,28-,29-/m1/s1. The average molecular weight is 443 g/mol. The second-order valence-electron chi connectivity index (χ2n) is 12.4. The summed E-state index contributed by atoms with van der Waals surface area (Å²) >= 11 is 0. The molecule has 0 spiro atoms. The van der Waals surface area contributed by atoms with E-state index in [1.807, 2.05) is 6.92 Å². The number of hydrogen-bond acceptors (Lipinski definition) is 3. The van der Waals surface area contributed by atoms with E-state index in [2.05, 4.69) is 41.2 Å². The Balaban J connectivity index is 1.57. The highest BCUT2D eigenvalue weighted by atomic mass is 16.5. The maximum absolute atomic E-state index is 12.6. The van der Waals surface area contributed by atoms with Gasteiger partial charge in [-0.2, -0.15) is 0 Å². The van der Waals surface area contributed by atoms with Crippen LogP contribution in [-0.2, 0) is 9.53 Å². The zero-order valence-corrected chi connectivity index (χ0v) is 21.4. The van der Waals surface area contributed by atoms with Gasteiger partial charge in [0.2, 0.25) is 0 Å². The number of Topliss-reactive ketones (excluding diaryl/α,β-unsaturated/α-hetero) is 1. The third-order valence-corrected chi connectivity index (χ3v) is 10.6. The predicted molar refractivity (Wildman–Crippen MR) is 130 cm³/mol. The van der Waals surface area contributed by atoms with Gasteiger partial charge < -0.3 is 9.84 Å². The van der Waals surface area contributed by atoms with Crippen molar-refractivity contribution in [3.05, 3.63) is 23.5 Å². The van der Waals surface area contributed by atoms with Crippen molar-refractivity contribution in [2.45, 2.75) is 99.0 Å². The zero-order chi connectivity index (χ0) is 23.4. The Morgan fingerprint density at radius 2 is 1.91 bits per heavy atom. The highest BCUT2D eigenvalue weighted by Gasteiger charge is 2.63. The van der Waals surface area contributed by atoms with E-state index < -0.39 is 0 Å².